The summed E-state index contributed by atoms with van der Waals surface area (Å²) >= 11 is 1.53. The molecule has 1 aromatic rings. The van der Waals surface area contributed by atoms with Crippen LogP contribution in [0.2, 0.25) is 0 Å². The summed E-state index contributed by atoms with van der Waals surface area (Å²) in [5.41, 5.74) is 6.00. The van der Waals surface area contributed by atoms with Crippen LogP contribution in [-0.2, 0) is 0 Å². The van der Waals surface area contributed by atoms with Gasteiger partial charge in [0.25, 0.3) is 5.91 Å². The van der Waals surface area contributed by atoms with Gasteiger partial charge in [0.2, 0.25) is 0 Å². The van der Waals surface area contributed by atoms with E-state index in [1.165, 1.54) is 24.2 Å². The fraction of sp³-hybridized carbons (Fsp3) is 0.583. The Morgan fingerprint density at radius 2 is 2.19 bits per heavy atom. The fourth-order valence-corrected chi connectivity index (χ4v) is 2.91. The molecule has 2 rings (SSSR count). The van der Waals surface area contributed by atoms with Crippen molar-refractivity contribution in [2.24, 2.45) is 5.73 Å². The van der Waals surface area contributed by atoms with Gasteiger partial charge in [0, 0.05) is 17.0 Å². The first-order chi connectivity index (χ1) is 7.66. The summed E-state index contributed by atoms with van der Waals surface area (Å²) in [5.74, 6) is 0.0282. The van der Waals surface area contributed by atoms with Gasteiger partial charge in [0.15, 0.2) is 0 Å². The number of thiophene rings is 1. The molecule has 1 saturated carbocycles. The maximum atomic E-state index is 11.9. The van der Waals surface area contributed by atoms with Crippen molar-refractivity contribution in [3.8, 4) is 0 Å². The molecule has 1 amide bonds. The van der Waals surface area contributed by atoms with Crippen LogP contribution in [0.3, 0.4) is 0 Å². The zero-order valence-electron chi connectivity index (χ0n) is 9.53. The molecule has 0 radical (unpaired) electrons. The predicted octanol–water partition coefficient (Wildman–Crippen LogP) is 2.06. The van der Waals surface area contributed by atoms with Crippen LogP contribution in [0.4, 0.5) is 0 Å². The number of carbonyl (C=O) groups excluding carboxylic acids is 1. The van der Waals surface area contributed by atoms with Gasteiger partial charge in [-0.1, -0.05) is 12.8 Å². The number of hydrogen-bond acceptors (Lipinski definition) is 3. The Balaban J connectivity index is 1.96. The van der Waals surface area contributed by atoms with Gasteiger partial charge < -0.3 is 11.1 Å². The lowest BCUT2D eigenvalue weighted by Crippen LogP contribution is -2.49. The third kappa shape index (κ3) is 2.62. The highest BCUT2D eigenvalue weighted by molar-refractivity contribution is 7.13. The van der Waals surface area contributed by atoms with Crippen molar-refractivity contribution in [1.29, 1.82) is 0 Å². The van der Waals surface area contributed by atoms with E-state index in [-0.39, 0.29) is 18.0 Å². The number of carbonyl (C=O) groups is 1. The standard InChI is InChI=1S/C12H18N2OS/c1-8-6-7-11(16-8)12(15)14-10-5-3-2-4-9(10)13/h6-7,9-10H,2-5,13H2,1H3,(H,14,15)/t9-,10-/m1/s1. The first-order valence-electron chi connectivity index (χ1n) is 5.79. The SMILES string of the molecule is Cc1ccc(C(=O)N[C@@H]2CCCC[C@H]2N)s1. The van der Waals surface area contributed by atoms with E-state index >= 15 is 0 Å². The smallest absolute Gasteiger partial charge is 0.261 e. The van der Waals surface area contributed by atoms with Crippen LogP contribution in [-0.4, -0.2) is 18.0 Å². The molecule has 1 heterocycles. The van der Waals surface area contributed by atoms with Crippen LogP contribution in [0.25, 0.3) is 0 Å². The van der Waals surface area contributed by atoms with Gasteiger partial charge in [-0.3, -0.25) is 4.79 Å². The van der Waals surface area contributed by atoms with E-state index in [0.717, 1.165) is 22.6 Å². The van der Waals surface area contributed by atoms with E-state index in [9.17, 15) is 4.79 Å². The Morgan fingerprint density at radius 3 is 2.81 bits per heavy atom. The summed E-state index contributed by atoms with van der Waals surface area (Å²) in [6.45, 7) is 2.01. The van der Waals surface area contributed by atoms with Crippen molar-refractivity contribution in [3.63, 3.8) is 0 Å². The van der Waals surface area contributed by atoms with Gasteiger partial charge >= 0.3 is 0 Å². The van der Waals surface area contributed by atoms with Gasteiger partial charge in [0.1, 0.15) is 0 Å². The van der Waals surface area contributed by atoms with Gasteiger partial charge in [0.05, 0.1) is 4.88 Å². The number of nitrogens with one attached hydrogen (secondary N) is 1. The Hall–Kier alpha value is -0.870. The maximum absolute atomic E-state index is 11.9. The second kappa shape index (κ2) is 4.97. The normalized spacial score (nSPS) is 25.4. The van der Waals surface area contributed by atoms with Crippen molar-refractivity contribution >= 4 is 17.2 Å². The zero-order valence-corrected chi connectivity index (χ0v) is 10.3. The molecule has 3 N–H and O–H groups in total. The molecule has 88 valence electrons. The molecule has 0 aliphatic heterocycles. The summed E-state index contributed by atoms with van der Waals surface area (Å²) in [6.07, 6.45) is 4.39. The monoisotopic (exact) mass is 238 g/mol. The summed E-state index contributed by atoms with van der Waals surface area (Å²) in [7, 11) is 0. The lowest BCUT2D eigenvalue weighted by Gasteiger charge is -2.29. The number of hydrogen-bond donors (Lipinski definition) is 2. The molecule has 0 unspecified atom stereocenters. The van der Waals surface area contributed by atoms with Crippen molar-refractivity contribution in [3.05, 3.63) is 21.9 Å². The average Bonchev–Trinajstić information content (AvgIpc) is 2.68. The summed E-state index contributed by atoms with van der Waals surface area (Å²) in [6, 6.07) is 4.13. The molecule has 4 heteroatoms. The molecule has 16 heavy (non-hydrogen) atoms. The fourth-order valence-electron chi connectivity index (χ4n) is 2.13. The second-order valence-corrected chi connectivity index (χ2v) is 5.73. The minimum absolute atomic E-state index is 0.0282. The number of rotatable bonds is 2. The van der Waals surface area contributed by atoms with Crippen LogP contribution >= 0.6 is 11.3 Å². The first kappa shape index (κ1) is 11.6. The zero-order chi connectivity index (χ0) is 11.5. The van der Waals surface area contributed by atoms with Crippen LogP contribution < -0.4 is 11.1 Å². The highest BCUT2D eigenvalue weighted by Gasteiger charge is 2.23. The van der Waals surface area contributed by atoms with E-state index in [1.807, 2.05) is 19.1 Å². The van der Waals surface area contributed by atoms with Crippen LogP contribution in [0.15, 0.2) is 12.1 Å². The van der Waals surface area contributed by atoms with E-state index in [0.29, 0.717) is 0 Å². The van der Waals surface area contributed by atoms with E-state index < -0.39 is 0 Å². The van der Waals surface area contributed by atoms with Crippen molar-refractivity contribution < 1.29 is 4.79 Å². The molecule has 1 aliphatic rings. The second-order valence-electron chi connectivity index (χ2n) is 4.44. The van der Waals surface area contributed by atoms with Crippen molar-refractivity contribution in [1.82, 2.24) is 5.32 Å². The quantitative estimate of drug-likeness (QED) is 0.828. The van der Waals surface area contributed by atoms with Crippen molar-refractivity contribution in [2.45, 2.75) is 44.7 Å². The minimum atomic E-state index is 0.0282. The Kier molecular flexibility index (Phi) is 3.61. The molecule has 1 aliphatic carbocycles. The topological polar surface area (TPSA) is 55.1 Å². The third-order valence-corrected chi connectivity index (χ3v) is 4.10. The van der Waals surface area contributed by atoms with Gasteiger partial charge in [-0.2, -0.15) is 0 Å². The number of aryl methyl sites for hydroxylation is 1. The van der Waals surface area contributed by atoms with Gasteiger partial charge in [-0.25, -0.2) is 0 Å². The minimum Gasteiger partial charge on any atom is -0.347 e. The number of nitrogens with two attached hydrogens (primary N) is 1. The van der Waals surface area contributed by atoms with E-state index in [2.05, 4.69) is 5.32 Å². The first-order valence-corrected chi connectivity index (χ1v) is 6.61. The molecule has 2 atom stereocenters. The highest BCUT2D eigenvalue weighted by atomic mass is 32.1. The van der Waals surface area contributed by atoms with E-state index in [1.54, 1.807) is 0 Å². The maximum Gasteiger partial charge on any atom is 0.261 e. The lowest BCUT2D eigenvalue weighted by molar-refractivity contribution is 0.0925. The summed E-state index contributed by atoms with van der Waals surface area (Å²) in [5, 5.41) is 3.04. The molecular weight excluding hydrogens is 220 g/mol. The largest absolute Gasteiger partial charge is 0.347 e. The molecule has 0 bridgehead atoms. The molecule has 0 spiro atoms. The van der Waals surface area contributed by atoms with Crippen LogP contribution in [0.1, 0.15) is 40.2 Å². The average molecular weight is 238 g/mol. The molecule has 3 nitrogen and oxygen atoms in total. The summed E-state index contributed by atoms with van der Waals surface area (Å²) in [4.78, 5) is 13.9. The Bertz CT molecular complexity index is 375. The van der Waals surface area contributed by atoms with E-state index in [4.69, 9.17) is 5.73 Å². The lowest BCUT2D eigenvalue weighted by atomic mass is 9.91. The molecule has 0 aromatic carbocycles. The highest BCUT2D eigenvalue weighted by Crippen LogP contribution is 2.19. The molecule has 1 fully saturated rings. The molecule has 0 saturated heterocycles. The van der Waals surface area contributed by atoms with Gasteiger partial charge in [-0.05, 0) is 31.9 Å². The molecule has 1 aromatic heterocycles. The Morgan fingerprint density at radius 1 is 1.44 bits per heavy atom. The number of amides is 1. The van der Waals surface area contributed by atoms with Crippen molar-refractivity contribution in [2.75, 3.05) is 0 Å². The molecular formula is C12H18N2OS. The third-order valence-electron chi connectivity index (χ3n) is 3.10. The predicted molar refractivity (Wildman–Crippen MR) is 66.8 cm³/mol. The Labute approximate surface area is 100 Å². The van der Waals surface area contributed by atoms with Crippen LogP contribution in [0, 0.1) is 6.92 Å². The van der Waals surface area contributed by atoms with Crippen LogP contribution in [0.5, 0.6) is 0 Å². The van der Waals surface area contributed by atoms with Gasteiger partial charge in [-0.15, -0.1) is 11.3 Å². The summed E-state index contributed by atoms with van der Waals surface area (Å²) < 4.78 is 0.